The summed E-state index contributed by atoms with van der Waals surface area (Å²) >= 11 is 0. The highest BCUT2D eigenvalue weighted by Gasteiger charge is 2.25. The van der Waals surface area contributed by atoms with Gasteiger partial charge >= 0.3 is 0 Å². The zero-order chi connectivity index (χ0) is 14.4. The molecule has 3 nitrogen and oxygen atoms in total. The van der Waals surface area contributed by atoms with E-state index < -0.39 is 0 Å². The minimum Gasteiger partial charge on any atom is -0.388 e. The van der Waals surface area contributed by atoms with Gasteiger partial charge < -0.3 is 14.7 Å². The van der Waals surface area contributed by atoms with Crippen molar-refractivity contribution in [3.63, 3.8) is 0 Å². The fourth-order valence-corrected chi connectivity index (χ4v) is 2.83. The first-order chi connectivity index (χ1) is 9.66. The topological polar surface area (TPSA) is 32.7 Å². The lowest BCUT2D eigenvalue weighted by molar-refractivity contribution is 0.0302. The average molecular weight is 277 g/mol. The van der Waals surface area contributed by atoms with E-state index in [-0.39, 0.29) is 6.10 Å². The molecule has 0 bridgehead atoms. The molecule has 0 amide bonds. The van der Waals surface area contributed by atoms with Gasteiger partial charge in [-0.25, -0.2) is 0 Å². The first-order valence-corrected chi connectivity index (χ1v) is 7.74. The molecule has 20 heavy (non-hydrogen) atoms. The first kappa shape index (κ1) is 15.5. The maximum Gasteiger partial charge on any atom is 0.0819 e. The van der Waals surface area contributed by atoms with E-state index >= 15 is 0 Å². The number of hydrogen-bond donors (Lipinski definition) is 1. The molecule has 1 unspecified atom stereocenters. The molecule has 1 atom stereocenters. The second kappa shape index (κ2) is 7.77. The van der Waals surface area contributed by atoms with Crippen LogP contribution in [0, 0.1) is 5.92 Å². The quantitative estimate of drug-likeness (QED) is 0.868. The molecule has 1 aliphatic rings. The first-order valence-electron chi connectivity index (χ1n) is 7.74. The van der Waals surface area contributed by atoms with Crippen molar-refractivity contribution in [2.45, 2.75) is 38.9 Å². The van der Waals surface area contributed by atoms with Crippen LogP contribution in [0.25, 0.3) is 0 Å². The lowest BCUT2D eigenvalue weighted by Crippen LogP contribution is -2.37. The highest BCUT2D eigenvalue weighted by molar-refractivity contribution is 5.18. The number of likely N-dealkylation sites (tertiary alicyclic amines) is 1. The number of piperidine rings is 1. The Balaban J connectivity index is 1.74. The predicted octanol–water partition coefficient (Wildman–Crippen LogP) is 2.86. The van der Waals surface area contributed by atoms with Gasteiger partial charge in [-0.1, -0.05) is 30.3 Å². The van der Waals surface area contributed by atoms with E-state index in [1.807, 2.05) is 30.3 Å². The van der Waals surface area contributed by atoms with E-state index in [1.54, 1.807) is 0 Å². The summed E-state index contributed by atoms with van der Waals surface area (Å²) in [6.45, 7) is 8.09. The van der Waals surface area contributed by atoms with Crippen molar-refractivity contribution in [1.29, 1.82) is 0 Å². The Hall–Kier alpha value is -0.900. The number of aliphatic hydroxyl groups excluding tert-OH is 1. The molecule has 0 spiro atoms. The van der Waals surface area contributed by atoms with Crippen molar-refractivity contribution in [1.82, 2.24) is 4.90 Å². The lowest BCUT2D eigenvalue weighted by atomic mass is 9.87. The van der Waals surface area contributed by atoms with Crippen molar-refractivity contribution in [2.24, 2.45) is 5.92 Å². The highest BCUT2D eigenvalue weighted by Crippen LogP contribution is 2.30. The van der Waals surface area contributed by atoms with Gasteiger partial charge in [0, 0.05) is 6.54 Å². The van der Waals surface area contributed by atoms with Crippen LogP contribution in [-0.2, 0) is 4.74 Å². The Morgan fingerprint density at radius 2 is 1.85 bits per heavy atom. The van der Waals surface area contributed by atoms with Gasteiger partial charge in [-0.2, -0.15) is 0 Å². The van der Waals surface area contributed by atoms with Crippen molar-refractivity contribution in [3.8, 4) is 0 Å². The molecule has 0 aliphatic carbocycles. The Bertz CT molecular complexity index is 372. The molecule has 2 rings (SSSR count). The molecule has 1 heterocycles. The average Bonchev–Trinajstić information content (AvgIpc) is 2.48. The summed E-state index contributed by atoms with van der Waals surface area (Å²) in [7, 11) is 0. The van der Waals surface area contributed by atoms with Crippen molar-refractivity contribution in [2.75, 3.05) is 26.2 Å². The molecule has 1 aliphatic heterocycles. The molecule has 0 saturated carbocycles. The van der Waals surface area contributed by atoms with Gasteiger partial charge in [0.05, 0.1) is 18.8 Å². The Morgan fingerprint density at radius 3 is 2.45 bits per heavy atom. The summed E-state index contributed by atoms with van der Waals surface area (Å²) in [5.74, 6) is 0.389. The number of rotatable bonds is 6. The summed E-state index contributed by atoms with van der Waals surface area (Å²) in [5, 5.41) is 10.4. The Morgan fingerprint density at radius 1 is 1.20 bits per heavy atom. The lowest BCUT2D eigenvalue weighted by Gasteiger charge is -2.34. The van der Waals surface area contributed by atoms with E-state index in [2.05, 4.69) is 18.7 Å². The van der Waals surface area contributed by atoms with E-state index in [0.29, 0.717) is 12.0 Å². The molecule has 3 heteroatoms. The van der Waals surface area contributed by atoms with Crippen LogP contribution in [0.5, 0.6) is 0 Å². The maximum absolute atomic E-state index is 10.4. The highest BCUT2D eigenvalue weighted by atomic mass is 16.5. The van der Waals surface area contributed by atoms with E-state index in [4.69, 9.17) is 4.74 Å². The monoisotopic (exact) mass is 277 g/mol. The molecule has 1 N–H and O–H groups in total. The maximum atomic E-state index is 10.4. The largest absolute Gasteiger partial charge is 0.388 e. The van der Waals surface area contributed by atoms with E-state index in [0.717, 1.165) is 44.6 Å². The summed E-state index contributed by atoms with van der Waals surface area (Å²) in [5.41, 5.74) is 1.05. The van der Waals surface area contributed by atoms with Crippen LogP contribution in [0.15, 0.2) is 30.3 Å². The number of hydrogen-bond acceptors (Lipinski definition) is 3. The second-order valence-electron chi connectivity index (χ2n) is 5.95. The molecule has 0 aromatic heterocycles. The van der Waals surface area contributed by atoms with Crippen molar-refractivity contribution in [3.05, 3.63) is 35.9 Å². The standard InChI is InChI=1S/C17H27NO2/c1-14(2)20-13-12-18-10-8-16(9-11-18)17(19)15-6-4-3-5-7-15/h3-7,14,16-17,19H,8-13H2,1-2H3. The zero-order valence-electron chi connectivity index (χ0n) is 12.7. The number of benzene rings is 1. The smallest absolute Gasteiger partial charge is 0.0819 e. The predicted molar refractivity (Wildman–Crippen MR) is 81.7 cm³/mol. The molecule has 1 aromatic rings. The third-order valence-corrected chi connectivity index (χ3v) is 4.08. The molecular formula is C17H27NO2. The number of aliphatic hydroxyl groups is 1. The van der Waals surface area contributed by atoms with Crippen LogP contribution in [0.4, 0.5) is 0 Å². The van der Waals surface area contributed by atoms with Gasteiger partial charge in [0.1, 0.15) is 0 Å². The van der Waals surface area contributed by atoms with Gasteiger partial charge in [0.15, 0.2) is 0 Å². The van der Waals surface area contributed by atoms with Crippen molar-refractivity contribution >= 4 is 0 Å². The SMILES string of the molecule is CC(C)OCCN1CCC(C(O)c2ccccc2)CC1. The third kappa shape index (κ3) is 4.58. The van der Waals surface area contributed by atoms with Gasteiger partial charge in [-0.15, -0.1) is 0 Å². The third-order valence-electron chi connectivity index (χ3n) is 4.08. The van der Waals surface area contributed by atoms with Crippen molar-refractivity contribution < 1.29 is 9.84 Å². The van der Waals surface area contributed by atoms with Crippen LogP contribution in [-0.4, -0.2) is 42.4 Å². The van der Waals surface area contributed by atoms with Crippen LogP contribution in [0.2, 0.25) is 0 Å². The zero-order valence-corrected chi connectivity index (χ0v) is 12.7. The molecule has 1 aromatic carbocycles. The Kier molecular flexibility index (Phi) is 6.02. The number of nitrogens with zero attached hydrogens (tertiary/aromatic N) is 1. The Labute approximate surface area is 122 Å². The molecule has 1 fully saturated rings. The summed E-state index contributed by atoms with van der Waals surface area (Å²) in [4.78, 5) is 2.44. The van der Waals surface area contributed by atoms with Gasteiger partial charge in [0.25, 0.3) is 0 Å². The fraction of sp³-hybridized carbons (Fsp3) is 0.647. The van der Waals surface area contributed by atoms with Gasteiger partial charge in [0.2, 0.25) is 0 Å². The van der Waals surface area contributed by atoms with Crippen LogP contribution in [0.1, 0.15) is 38.4 Å². The summed E-state index contributed by atoms with van der Waals surface area (Å²) in [6.07, 6.45) is 2.13. The second-order valence-corrected chi connectivity index (χ2v) is 5.95. The summed E-state index contributed by atoms with van der Waals surface area (Å²) in [6, 6.07) is 10.0. The van der Waals surface area contributed by atoms with Gasteiger partial charge in [-0.05, 0) is 51.3 Å². The van der Waals surface area contributed by atoms with Crippen LogP contribution < -0.4 is 0 Å². The fourth-order valence-electron chi connectivity index (χ4n) is 2.83. The molecule has 112 valence electrons. The molecular weight excluding hydrogens is 250 g/mol. The molecule has 0 radical (unpaired) electrons. The van der Waals surface area contributed by atoms with E-state index in [9.17, 15) is 5.11 Å². The van der Waals surface area contributed by atoms with Crippen LogP contribution in [0.3, 0.4) is 0 Å². The number of ether oxygens (including phenoxy) is 1. The van der Waals surface area contributed by atoms with E-state index in [1.165, 1.54) is 0 Å². The normalized spacial score (nSPS) is 19.4. The minimum atomic E-state index is -0.315. The summed E-state index contributed by atoms with van der Waals surface area (Å²) < 4.78 is 5.60. The molecule has 1 saturated heterocycles. The van der Waals surface area contributed by atoms with Crippen LogP contribution >= 0.6 is 0 Å². The van der Waals surface area contributed by atoms with Gasteiger partial charge in [-0.3, -0.25) is 0 Å². The minimum absolute atomic E-state index is 0.312.